The quantitative estimate of drug-likeness (QED) is 0.647. The predicted molar refractivity (Wildman–Crippen MR) is 102 cm³/mol. The second kappa shape index (κ2) is 10.4. The highest BCUT2D eigenvalue weighted by atomic mass is 19.3. The van der Waals surface area contributed by atoms with Gasteiger partial charge in [0.25, 0.3) is 5.91 Å². The summed E-state index contributed by atoms with van der Waals surface area (Å²) in [6.07, 6.45) is 0.451. The Bertz CT molecular complexity index is 844. The van der Waals surface area contributed by atoms with Gasteiger partial charge in [-0.15, -0.1) is 0 Å². The monoisotopic (exact) mass is 411 g/mol. The number of halogens is 2. The largest absolute Gasteiger partial charge is 0.493 e. The topological polar surface area (TPSA) is 75.3 Å². The predicted octanol–water partition coefficient (Wildman–Crippen LogP) is 3.29. The van der Waals surface area contributed by atoms with Crippen molar-refractivity contribution in [3.8, 4) is 28.7 Å². The van der Waals surface area contributed by atoms with E-state index >= 15 is 0 Å². The van der Waals surface area contributed by atoms with Crippen molar-refractivity contribution < 1.29 is 37.3 Å². The van der Waals surface area contributed by atoms with Gasteiger partial charge in [0, 0.05) is 6.54 Å². The lowest BCUT2D eigenvalue weighted by atomic mass is 10.1. The van der Waals surface area contributed by atoms with Crippen LogP contribution in [0.25, 0.3) is 0 Å². The van der Waals surface area contributed by atoms with Gasteiger partial charge in [0.1, 0.15) is 0 Å². The van der Waals surface area contributed by atoms with Crippen LogP contribution >= 0.6 is 0 Å². The maximum absolute atomic E-state index is 12.6. The van der Waals surface area contributed by atoms with Crippen molar-refractivity contribution in [2.24, 2.45) is 0 Å². The van der Waals surface area contributed by atoms with Crippen LogP contribution in [0.2, 0.25) is 0 Å². The number of methoxy groups -OCH3 is 4. The zero-order valence-corrected chi connectivity index (χ0v) is 16.6. The van der Waals surface area contributed by atoms with Crippen LogP contribution in [0.4, 0.5) is 8.78 Å². The molecule has 158 valence electrons. The van der Waals surface area contributed by atoms with Crippen molar-refractivity contribution in [2.75, 3.05) is 35.0 Å². The number of alkyl halides is 2. The van der Waals surface area contributed by atoms with E-state index in [0.29, 0.717) is 30.0 Å². The van der Waals surface area contributed by atoms with E-state index in [0.717, 1.165) is 5.56 Å². The molecule has 2 aromatic carbocycles. The zero-order chi connectivity index (χ0) is 21.4. The summed E-state index contributed by atoms with van der Waals surface area (Å²) in [6.45, 7) is -2.64. The van der Waals surface area contributed by atoms with Crippen molar-refractivity contribution in [1.29, 1.82) is 0 Å². The minimum Gasteiger partial charge on any atom is -0.493 e. The summed E-state index contributed by atoms with van der Waals surface area (Å²) in [7, 11) is 5.74. The standard InChI is InChI=1S/C20H23F2NO6/c1-25-15-8-6-13(17(27-3)18(15)28-4)19(24)23-10-9-12-5-7-14(29-20(21)22)16(11-12)26-2/h5-8,11,20H,9-10H2,1-4H3,(H,23,24). The number of nitrogens with one attached hydrogen (secondary N) is 1. The van der Waals surface area contributed by atoms with Crippen molar-refractivity contribution >= 4 is 5.91 Å². The van der Waals surface area contributed by atoms with Crippen LogP contribution in [-0.4, -0.2) is 47.5 Å². The number of carbonyl (C=O) groups is 1. The molecule has 0 aliphatic rings. The summed E-state index contributed by atoms with van der Waals surface area (Å²) < 4.78 is 50.1. The van der Waals surface area contributed by atoms with Crippen LogP contribution in [0.5, 0.6) is 28.7 Å². The number of ether oxygens (including phenoxy) is 5. The van der Waals surface area contributed by atoms with Crippen molar-refractivity contribution in [3.05, 3.63) is 41.5 Å². The molecule has 0 aliphatic carbocycles. The molecule has 0 saturated carbocycles. The summed E-state index contributed by atoms with van der Waals surface area (Å²) in [5.74, 6) is 0.814. The molecule has 0 atom stereocenters. The van der Waals surface area contributed by atoms with Gasteiger partial charge in [-0.3, -0.25) is 4.79 Å². The number of rotatable bonds is 10. The molecule has 1 amide bonds. The number of hydrogen-bond donors (Lipinski definition) is 1. The molecule has 7 nitrogen and oxygen atoms in total. The van der Waals surface area contributed by atoms with Gasteiger partial charge in [0.15, 0.2) is 23.0 Å². The van der Waals surface area contributed by atoms with E-state index in [2.05, 4.69) is 10.1 Å². The normalized spacial score (nSPS) is 10.4. The molecule has 0 aliphatic heterocycles. The van der Waals surface area contributed by atoms with E-state index in [1.807, 2.05) is 0 Å². The van der Waals surface area contributed by atoms with Crippen molar-refractivity contribution in [2.45, 2.75) is 13.0 Å². The lowest BCUT2D eigenvalue weighted by Gasteiger charge is -2.15. The molecule has 0 unspecified atom stereocenters. The van der Waals surface area contributed by atoms with E-state index in [-0.39, 0.29) is 23.2 Å². The highest BCUT2D eigenvalue weighted by Crippen LogP contribution is 2.39. The molecule has 0 radical (unpaired) electrons. The molecular weight excluding hydrogens is 388 g/mol. The van der Waals surface area contributed by atoms with E-state index in [1.54, 1.807) is 24.3 Å². The van der Waals surface area contributed by atoms with Crippen LogP contribution in [0.3, 0.4) is 0 Å². The van der Waals surface area contributed by atoms with Gasteiger partial charge in [-0.05, 0) is 36.2 Å². The van der Waals surface area contributed by atoms with Gasteiger partial charge in [0.2, 0.25) is 5.75 Å². The molecule has 0 saturated heterocycles. The maximum atomic E-state index is 12.6. The Kier molecular flexibility index (Phi) is 7.88. The van der Waals surface area contributed by atoms with E-state index in [1.165, 1.54) is 34.5 Å². The highest BCUT2D eigenvalue weighted by molar-refractivity contribution is 5.98. The van der Waals surface area contributed by atoms with Crippen LogP contribution in [0.15, 0.2) is 30.3 Å². The molecule has 0 heterocycles. The van der Waals surface area contributed by atoms with E-state index in [4.69, 9.17) is 18.9 Å². The zero-order valence-electron chi connectivity index (χ0n) is 16.6. The van der Waals surface area contributed by atoms with Crippen LogP contribution in [0.1, 0.15) is 15.9 Å². The smallest absolute Gasteiger partial charge is 0.387 e. The molecule has 2 aromatic rings. The molecule has 2 rings (SSSR count). The Morgan fingerprint density at radius 2 is 1.55 bits per heavy atom. The van der Waals surface area contributed by atoms with Crippen molar-refractivity contribution in [1.82, 2.24) is 5.32 Å². The van der Waals surface area contributed by atoms with E-state index < -0.39 is 6.61 Å². The first-order valence-corrected chi connectivity index (χ1v) is 8.64. The fourth-order valence-electron chi connectivity index (χ4n) is 2.76. The Hall–Kier alpha value is -3.23. The average Bonchev–Trinajstić information content (AvgIpc) is 2.72. The first-order chi connectivity index (χ1) is 13.9. The Morgan fingerprint density at radius 3 is 2.14 bits per heavy atom. The Balaban J connectivity index is 2.07. The van der Waals surface area contributed by atoms with Gasteiger partial charge < -0.3 is 29.0 Å². The lowest BCUT2D eigenvalue weighted by Crippen LogP contribution is -2.26. The Morgan fingerprint density at radius 1 is 0.897 bits per heavy atom. The van der Waals surface area contributed by atoms with Gasteiger partial charge >= 0.3 is 6.61 Å². The first kappa shape index (κ1) is 22.1. The molecule has 9 heteroatoms. The summed E-state index contributed by atoms with van der Waals surface area (Å²) in [5.41, 5.74) is 1.08. The van der Waals surface area contributed by atoms with Crippen LogP contribution < -0.4 is 29.0 Å². The minimum absolute atomic E-state index is 0.0506. The number of hydrogen-bond acceptors (Lipinski definition) is 6. The molecular formula is C20H23F2NO6. The lowest BCUT2D eigenvalue weighted by molar-refractivity contribution is -0.0512. The Labute approximate surface area is 167 Å². The average molecular weight is 411 g/mol. The van der Waals surface area contributed by atoms with Gasteiger partial charge in [-0.2, -0.15) is 8.78 Å². The second-order valence-electron chi connectivity index (χ2n) is 5.75. The SMILES string of the molecule is COc1cc(CCNC(=O)c2ccc(OC)c(OC)c2OC)ccc1OC(F)F. The van der Waals surface area contributed by atoms with Gasteiger partial charge in [-0.1, -0.05) is 6.07 Å². The third-order valence-electron chi connectivity index (χ3n) is 4.09. The third-order valence-corrected chi connectivity index (χ3v) is 4.09. The van der Waals surface area contributed by atoms with E-state index in [9.17, 15) is 13.6 Å². The fraction of sp³-hybridized carbons (Fsp3) is 0.350. The van der Waals surface area contributed by atoms with Crippen molar-refractivity contribution in [3.63, 3.8) is 0 Å². The van der Waals surface area contributed by atoms with Gasteiger partial charge in [0.05, 0.1) is 34.0 Å². The molecule has 0 fully saturated rings. The number of amides is 1. The number of carbonyl (C=O) groups excluding carboxylic acids is 1. The highest BCUT2D eigenvalue weighted by Gasteiger charge is 2.20. The molecule has 0 aromatic heterocycles. The summed E-state index contributed by atoms with van der Waals surface area (Å²) >= 11 is 0. The second-order valence-corrected chi connectivity index (χ2v) is 5.75. The maximum Gasteiger partial charge on any atom is 0.387 e. The van der Waals surface area contributed by atoms with Crippen LogP contribution in [-0.2, 0) is 6.42 Å². The third kappa shape index (κ3) is 5.40. The minimum atomic E-state index is -2.94. The number of benzene rings is 2. The molecule has 0 spiro atoms. The molecule has 29 heavy (non-hydrogen) atoms. The van der Waals surface area contributed by atoms with Crippen LogP contribution in [0, 0.1) is 0 Å². The van der Waals surface area contributed by atoms with Gasteiger partial charge in [-0.25, -0.2) is 0 Å². The molecule has 0 bridgehead atoms. The first-order valence-electron chi connectivity index (χ1n) is 8.64. The molecule has 1 N–H and O–H groups in total. The summed E-state index contributed by atoms with van der Waals surface area (Å²) in [6, 6.07) is 7.81. The summed E-state index contributed by atoms with van der Waals surface area (Å²) in [4.78, 5) is 12.6. The fourth-order valence-corrected chi connectivity index (χ4v) is 2.76. The summed E-state index contributed by atoms with van der Waals surface area (Å²) in [5, 5.41) is 2.79.